The molecule has 1 aromatic heterocycles. The van der Waals surface area contributed by atoms with E-state index in [0.29, 0.717) is 17.0 Å². The number of allylic oxidation sites excluding steroid dienone is 3. The fraction of sp³-hybridized carbons (Fsp3) is 0.194. The summed E-state index contributed by atoms with van der Waals surface area (Å²) in [5, 5.41) is 11.7. The highest BCUT2D eigenvalue weighted by atomic mass is 32.2. The number of nitriles is 1. The lowest BCUT2D eigenvalue weighted by molar-refractivity contribution is 0.504. The van der Waals surface area contributed by atoms with Gasteiger partial charge in [0, 0.05) is 24.2 Å². The minimum absolute atomic E-state index is 0.159. The Morgan fingerprint density at radius 1 is 1.12 bits per heavy atom. The molecule has 1 fully saturated rings. The summed E-state index contributed by atoms with van der Waals surface area (Å²) in [6.45, 7) is 4.56. The monoisotopic (exact) mass is 548 g/mol. The van der Waals surface area contributed by atoms with Crippen LogP contribution in [0.1, 0.15) is 25.0 Å². The van der Waals surface area contributed by atoms with E-state index in [0.717, 1.165) is 23.5 Å². The number of nitrogens with zero attached hydrogens (tertiary/aromatic N) is 4. The van der Waals surface area contributed by atoms with Crippen molar-refractivity contribution >= 4 is 27.1 Å². The molecule has 9 heteroatoms. The molecular weight excluding hydrogens is 520 g/mol. The average Bonchev–Trinajstić information content (AvgIpc) is 3.35. The van der Waals surface area contributed by atoms with Crippen LogP contribution in [0.5, 0.6) is 0 Å². The molecule has 3 aliphatic rings. The molecule has 6 rings (SSSR count). The number of sulfonamides is 1. The first-order chi connectivity index (χ1) is 19.2. The predicted molar refractivity (Wildman–Crippen MR) is 156 cm³/mol. The number of rotatable bonds is 6. The van der Waals surface area contributed by atoms with Crippen LogP contribution in [0.4, 0.5) is 11.4 Å². The molecule has 8 nitrogen and oxygen atoms in total. The molecule has 0 saturated carbocycles. The van der Waals surface area contributed by atoms with Crippen molar-refractivity contribution in [2.75, 3.05) is 16.3 Å². The molecule has 40 heavy (non-hydrogen) atoms. The van der Waals surface area contributed by atoms with Crippen LogP contribution >= 0.6 is 0 Å². The van der Waals surface area contributed by atoms with Crippen molar-refractivity contribution in [3.8, 4) is 6.07 Å². The van der Waals surface area contributed by atoms with Crippen molar-refractivity contribution in [2.24, 2.45) is 10.9 Å². The molecule has 2 unspecified atom stereocenters. The Hall–Kier alpha value is -4.52. The fourth-order valence-electron chi connectivity index (χ4n) is 5.37. The maximum Gasteiger partial charge on any atom is 0.261 e. The zero-order chi connectivity index (χ0) is 28.0. The second-order valence-corrected chi connectivity index (χ2v) is 12.2. The highest BCUT2D eigenvalue weighted by Gasteiger charge is 2.51. The number of hydrazine groups is 1. The maximum absolute atomic E-state index is 12.8. The van der Waals surface area contributed by atoms with E-state index in [-0.39, 0.29) is 10.8 Å². The third kappa shape index (κ3) is 4.31. The van der Waals surface area contributed by atoms with Crippen LogP contribution in [-0.2, 0) is 15.4 Å². The number of aromatic nitrogens is 1. The molecule has 0 radical (unpaired) electrons. The lowest BCUT2D eigenvalue weighted by Crippen LogP contribution is -2.52. The van der Waals surface area contributed by atoms with Gasteiger partial charge in [0.25, 0.3) is 10.0 Å². The molecule has 2 atom stereocenters. The SMILES string of the molecule is CC(C)(C#N)c1ccc(N2NCC3C=CC=C4N=C(c5cncc(NS(=O)(=O)c6ccccc6)c5)C=CC432)cc1. The van der Waals surface area contributed by atoms with Crippen molar-refractivity contribution in [1.29, 1.82) is 5.26 Å². The topological polar surface area (TPSA) is 110 Å². The number of nitrogens with one attached hydrogen (secondary N) is 2. The molecule has 1 spiro atoms. The molecule has 0 bridgehead atoms. The Morgan fingerprint density at radius 2 is 1.90 bits per heavy atom. The second kappa shape index (κ2) is 9.59. The number of hydrogen-bond acceptors (Lipinski definition) is 7. The Bertz CT molecular complexity index is 1730. The lowest BCUT2D eigenvalue weighted by Gasteiger charge is -2.42. The molecule has 200 valence electrons. The summed E-state index contributed by atoms with van der Waals surface area (Å²) in [5.74, 6) is 0.159. The van der Waals surface area contributed by atoms with Gasteiger partial charge in [0.2, 0.25) is 0 Å². The number of benzene rings is 2. The van der Waals surface area contributed by atoms with Crippen LogP contribution < -0.4 is 15.2 Å². The molecule has 1 saturated heterocycles. The van der Waals surface area contributed by atoms with Gasteiger partial charge in [-0.15, -0.1) is 0 Å². The second-order valence-electron chi connectivity index (χ2n) is 10.6. The van der Waals surface area contributed by atoms with Crippen molar-refractivity contribution in [2.45, 2.75) is 29.7 Å². The molecule has 2 N–H and O–H groups in total. The highest BCUT2D eigenvalue weighted by Crippen LogP contribution is 2.45. The summed E-state index contributed by atoms with van der Waals surface area (Å²) in [6.07, 6.45) is 13.5. The van der Waals surface area contributed by atoms with Gasteiger partial charge >= 0.3 is 0 Å². The largest absolute Gasteiger partial charge is 0.292 e. The van der Waals surface area contributed by atoms with Gasteiger partial charge in [0.05, 0.1) is 45.4 Å². The van der Waals surface area contributed by atoms with E-state index in [2.05, 4.69) is 38.4 Å². The minimum Gasteiger partial charge on any atom is -0.292 e. The summed E-state index contributed by atoms with van der Waals surface area (Å²) < 4.78 is 28.3. The first-order valence-electron chi connectivity index (χ1n) is 13.0. The maximum atomic E-state index is 12.8. The molecule has 3 aromatic rings. The Kier molecular flexibility index (Phi) is 6.17. The van der Waals surface area contributed by atoms with Crippen LogP contribution in [0, 0.1) is 17.2 Å². The summed E-state index contributed by atoms with van der Waals surface area (Å²) in [4.78, 5) is 9.51. The highest BCUT2D eigenvalue weighted by molar-refractivity contribution is 7.92. The summed E-state index contributed by atoms with van der Waals surface area (Å²) >= 11 is 0. The van der Waals surface area contributed by atoms with Gasteiger partial charge in [-0.2, -0.15) is 5.26 Å². The van der Waals surface area contributed by atoms with Gasteiger partial charge in [-0.1, -0.05) is 42.5 Å². The molecule has 2 aromatic carbocycles. The third-order valence-electron chi connectivity index (χ3n) is 7.62. The van der Waals surface area contributed by atoms with Gasteiger partial charge in [0.15, 0.2) is 0 Å². The van der Waals surface area contributed by atoms with E-state index in [4.69, 9.17) is 4.99 Å². The van der Waals surface area contributed by atoms with E-state index in [1.165, 1.54) is 6.20 Å². The van der Waals surface area contributed by atoms with Gasteiger partial charge in [-0.05, 0) is 68.0 Å². The Labute approximate surface area is 234 Å². The number of anilines is 2. The predicted octanol–water partition coefficient (Wildman–Crippen LogP) is 4.88. The molecular formula is C31H28N6O2S. The van der Waals surface area contributed by atoms with E-state index >= 15 is 0 Å². The first kappa shape index (κ1) is 25.7. The van der Waals surface area contributed by atoms with Crippen LogP contribution in [0.2, 0.25) is 0 Å². The average molecular weight is 549 g/mol. The van der Waals surface area contributed by atoms with Gasteiger partial charge in [-0.25, -0.2) is 18.8 Å². The summed E-state index contributed by atoms with van der Waals surface area (Å²) in [7, 11) is -3.75. The third-order valence-corrected chi connectivity index (χ3v) is 9.01. The van der Waals surface area contributed by atoms with E-state index in [1.54, 1.807) is 42.6 Å². The van der Waals surface area contributed by atoms with Crippen LogP contribution in [0.25, 0.3) is 0 Å². The van der Waals surface area contributed by atoms with Crippen molar-refractivity contribution in [3.05, 3.63) is 120 Å². The molecule has 2 aliphatic heterocycles. The zero-order valence-corrected chi connectivity index (χ0v) is 22.9. The van der Waals surface area contributed by atoms with E-state index in [9.17, 15) is 13.7 Å². The van der Waals surface area contributed by atoms with Crippen molar-refractivity contribution < 1.29 is 8.42 Å². The number of dihydropyridines is 1. The van der Waals surface area contributed by atoms with E-state index < -0.39 is 21.0 Å². The summed E-state index contributed by atoms with van der Waals surface area (Å²) in [6, 6.07) is 20.4. The van der Waals surface area contributed by atoms with Crippen LogP contribution in [0.3, 0.4) is 0 Å². The van der Waals surface area contributed by atoms with Gasteiger partial charge < -0.3 is 0 Å². The number of aliphatic imine (C=N–C) groups is 1. The van der Waals surface area contributed by atoms with Gasteiger partial charge in [-0.3, -0.25) is 14.7 Å². The van der Waals surface area contributed by atoms with Crippen LogP contribution in [-0.4, -0.2) is 31.2 Å². The van der Waals surface area contributed by atoms with E-state index in [1.807, 2.05) is 56.3 Å². The Morgan fingerprint density at radius 3 is 2.65 bits per heavy atom. The van der Waals surface area contributed by atoms with Crippen molar-refractivity contribution in [3.63, 3.8) is 0 Å². The van der Waals surface area contributed by atoms with Crippen molar-refractivity contribution in [1.82, 2.24) is 10.4 Å². The van der Waals surface area contributed by atoms with Crippen LogP contribution in [0.15, 0.2) is 119 Å². The fourth-order valence-corrected chi connectivity index (χ4v) is 6.42. The molecule has 3 heterocycles. The standard InChI is InChI=1S/C31H28N6O2S/c1-30(2,21-32)23-11-13-26(14-12-23)37-31-16-15-28(35-29(31)10-6-7-24(31)19-34-37)22-17-25(20-33-18-22)36-40(38,39)27-8-4-3-5-9-27/h3-18,20,24,34,36H,19H2,1-2H3. The molecule has 0 amide bonds. The minimum atomic E-state index is -3.75. The normalized spacial score (nSPS) is 21.6. The lowest BCUT2D eigenvalue weighted by atomic mass is 9.76. The quantitative estimate of drug-likeness (QED) is 0.455. The smallest absolute Gasteiger partial charge is 0.261 e. The first-order valence-corrected chi connectivity index (χ1v) is 14.5. The number of pyridine rings is 1. The molecule has 1 aliphatic carbocycles. The number of hydrogen-bond donors (Lipinski definition) is 2. The van der Waals surface area contributed by atoms with Gasteiger partial charge in [0.1, 0.15) is 5.54 Å². The Balaban J connectivity index is 1.31. The zero-order valence-electron chi connectivity index (χ0n) is 22.1. The summed E-state index contributed by atoms with van der Waals surface area (Å²) in [5.41, 5.74) is 7.01.